The van der Waals surface area contributed by atoms with Gasteiger partial charge in [0.1, 0.15) is 5.82 Å². The van der Waals surface area contributed by atoms with Gasteiger partial charge in [-0.25, -0.2) is 0 Å². The molecule has 20 heavy (non-hydrogen) atoms. The smallest absolute Gasteiger partial charge is 0.229 e. The normalized spacial score (nSPS) is 11.0. The molecule has 0 bridgehead atoms. The molecule has 0 unspecified atom stereocenters. The predicted octanol–water partition coefficient (Wildman–Crippen LogP) is -0.414. The summed E-state index contributed by atoms with van der Waals surface area (Å²) >= 11 is 0. The lowest BCUT2D eigenvalue weighted by molar-refractivity contribution is 0.290. The molecule has 0 aliphatic rings. The standard InChI is InChI=1S/C12H20N6O2/c1-17(5-3-6-19)12-15-10(13-4-7-20)9-8-14-18(2)11(9)16-12/h8,19-20H,3-7H2,1-2H3,(H,13,15,16). The van der Waals surface area contributed by atoms with Crippen LogP contribution in [0.1, 0.15) is 6.42 Å². The molecule has 0 fully saturated rings. The summed E-state index contributed by atoms with van der Waals surface area (Å²) in [5, 5.41) is 25.9. The van der Waals surface area contributed by atoms with Gasteiger partial charge in [-0.3, -0.25) is 4.68 Å². The third-order valence-corrected chi connectivity index (χ3v) is 2.98. The van der Waals surface area contributed by atoms with Gasteiger partial charge in [-0.15, -0.1) is 0 Å². The summed E-state index contributed by atoms with van der Waals surface area (Å²) in [5.74, 6) is 1.22. The minimum Gasteiger partial charge on any atom is -0.396 e. The fourth-order valence-electron chi connectivity index (χ4n) is 1.90. The fraction of sp³-hybridized carbons (Fsp3) is 0.583. The number of aryl methyl sites for hydroxylation is 1. The van der Waals surface area contributed by atoms with Crippen molar-refractivity contribution in [2.24, 2.45) is 7.05 Å². The summed E-state index contributed by atoms with van der Waals surface area (Å²) in [5.41, 5.74) is 0.728. The number of hydrogen-bond donors (Lipinski definition) is 3. The van der Waals surface area contributed by atoms with Crippen LogP contribution in [0.25, 0.3) is 11.0 Å². The van der Waals surface area contributed by atoms with Gasteiger partial charge in [-0.2, -0.15) is 15.1 Å². The number of rotatable bonds is 7. The van der Waals surface area contributed by atoms with Crippen LogP contribution in [0.2, 0.25) is 0 Å². The molecule has 0 aromatic carbocycles. The highest BCUT2D eigenvalue weighted by atomic mass is 16.3. The van der Waals surface area contributed by atoms with Gasteiger partial charge in [-0.05, 0) is 6.42 Å². The minimum absolute atomic E-state index is 0.0292. The van der Waals surface area contributed by atoms with Crippen LogP contribution >= 0.6 is 0 Å². The summed E-state index contributed by atoms with van der Waals surface area (Å²) < 4.78 is 1.69. The van der Waals surface area contributed by atoms with Gasteiger partial charge in [0, 0.05) is 33.8 Å². The molecule has 0 saturated carbocycles. The maximum atomic E-state index is 8.93. The Labute approximate surface area is 117 Å². The summed E-state index contributed by atoms with van der Waals surface area (Å²) in [7, 11) is 3.70. The van der Waals surface area contributed by atoms with E-state index >= 15 is 0 Å². The van der Waals surface area contributed by atoms with Gasteiger partial charge in [-0.1, -0.05) is 0 Å². The Morgan fingerprint density at radius 3 is 2.80 bits per heavy atom. The quantitative estimate of drug-likeness (QED) is 0.634. The molecule has 2 aromatic heterocycles. The van der Waals surface area contributed by atoms with E-state index in [1.165, 1.54) is 0 Å². The number of nitrogens with zero attached hydrogens (tertiary/aromatic N) is 5. The van der Waals surface area contributed by atoms with Crippen molar-refractivity contribution in [3.8, 4) is 0 Å². The lowest BCUT2D eigenvalue weighted by Crippen LogP contribution is -2.22. The highest BCUT2D eigenvalue weighted by Gasteiger charge is 2.13. The van der Waals surface area contributed by atoms with Crippen LogP contribution in [0.15, 0.2) is 6.20 Å². The summed E-state index contributed by atoms with van der Waals surface area (Å²) in [4.78, 5) is 10.8. The maximum Gasteiger partial charge on any atom is 0.229 e. The Kier molecular flexibility index (Phi) is 4.70. The van der Waals surface area contributed by atoms with Crippen LogP contribution in [0.4, 0.5) is 11.8 Å². The zero-order chi connectivity index (χ0) is 14.5. The summed E-state index contributed by atoms with van der Waals surface area (Å²) in [6, 6.07) is 0. The van der Waals surface area contributed by atoms with Crippen molar-refractivity contribution < 1.29 is 10.2 Å². The van der Waals surface area contributed by atoms with Crippen molar-refractivity contribution in [1.82, 2.24) is 19.7 Å². The van der Waals surface area contributed by atoms with Crippen LogP contribution in [-0.4, -0.2) is 63.3 Å². The average Bonchev–Trinajstić information content (AvgIpc) is 2.84. The van der Waals surface area contributed by atoms with E-state index in [9.17, 15) is 0 Å². The van der Waals surface area contributed by atoms with E-state index in [1.807, 2.05) is 19.0 Å². The Morgan fingerprint density at radius 2 is 2.10 bits per heavy atom. The SMILES string of the molecule is CN(CCCO)c1nc(NCCO)c2cnn(C)c2n1. The topological polar surface area (TPSA) is 99.3 Å². The Morgan fingerprint density at radius 1 is 1.30 bits per heavy atom. The van der Waals surface area contributed by atoms with E-state index in [2.05, 4.69) is 20.4 Å². The van der Waals surface area contributed by atoms with E-state index in [0.29, 0.717) is 31.3 Å². The van der Waals surface area contributed by atoms with Crippen molar-refractivity contribution in [3.63, 3.8) is 0 Å². The van der Waals surface area contributed by atoms with Crippen molar-refractivity contribution >= 4 is 22.8 Å². The molecule has 2 rings (SSSR count). The van der Waals surface area contributed by atoms with Gasteiger partial charge in [0.15, 0.2) is 5.65 Å². The molecular weight excluding hydrogens is 260 g/mol. The van der Waals surface area contributed by atoms with Crippen molar-refractivity contribution in [3.05, 3.63) is 6.20 Å². The maximum absolute atomic E-state index is 8.93. The molecule has 8 heteroatoms. The number of aliphatic hydroxyl groups is 2. The first-order chi connectivity index (χ1) is 9.67. The molecule has 2 aromatic rings. The number of hydrogen-bond acceptors (Lipinski definition) is 7. The predicted molar refractivity (Wildman–Crippen MR) is 76.9 cm³/mol. The Balaban J connectivity index is 2.37. The second kappa shape index (κ2) is 6.49. The van der Waals surface area contributed by atoms with Gasteiger partial charge < -0.3 is 20.4 Å². The van der Waals surface area contributed by atoms with Crippen LogP contribution in [0.3, 0.4) is 0 Å². The number of nitrogens with one attached hydrogen (secondary N) is 1. The summed E-state index contributed by atoms with van der Waals surface area (Å²) in [6.45, 7) is 1.25. The number of anilines is 2. The van der Waals surface area contributed by atoms with E-state index < -0.39 is 0 Å². The van der Waals surface area contributed by atoms with Crippen molar-refractivity contribution in [2.45, 2.75) is 6.42 Å². The second-order valence-corrected chi connectivity index (χ2v) is 4.53. The zero-order valence-corrected chi connectivity index (χ0v) is 11.7. The number of aliphatic hydroxyl groups excluding tert-OH is 2. The zero-order valence-electron chi connectivity index (χ0n) is 11.7. The van der Waals surface area contributed by atoms with Crippen molar-refractivity contribution in [1.29, 1.82) is 0 Å². The fourth-order valence-corrected chi connectivity index (χ4v) is 1.90. The highest BCUT2D eigenvalue weighted by Crippen LogP contribution is 2.22. The molecule has 0 radical (unpaired) electrons. The van der Waals surface area contributed by atoms with Gasteiger partial charge in [0.05, 0.1) is 18.2 Å². The van der Waals surface area contributed by atoms with E-state index in [-0.39, 0.29) is 13.2 Å². The Bertz CT molecular complexity index is 570. The van der Waals surface area contributed by atoms with Crippen LogP contribution in [-0.2, 0) is 7.05 Å². The second-order valence-electron chi connectivity index (χ2n) is 4.53. The first kappa shape index (κ1) is 14.5. The molecule has 0 atom stereocenters. The third-order valence-electron chi connectivity index (χ3n) is 2.98. The van der Waals surface area contributed by atoms with Crippen LogP contribution < -0.4 is 10.2 Å². The molecule has 0 spiro atoms. The number of fused-ring (bicyclic) bond motifs is 1. The van der Waals surface area contributed by atoms with Gasteiger partial charge in [0.25, 0.3) is 0 Å². The van der Waals surface area contributed by atoms with Crippen LogP contribution in [0, 0.1) is 0 Å². The molecule has 3 N–H and O–H groups in total. The molecule has 0 aliphatic carbocycles. The third kappa shape index (κ3) is 2.97. The summed E-state index contributed by atoms with van der Waals surface area (Å²) in [6.07, 6.45) is 2.36. The number of aromatic nitrogens is 4. The lowest BCUT2D eigenvalue weighted by Gasteiger charge is -2.17. The molecule has 110 valence electrons. The minimum atomic E-state index is 0.0292. The van der Waals surface area contributed by atoms with Gasteiger partial charge in [0.2, 0.25) is 5.95 Å². The molecule has 8 nitrogen and oxygen atoms in total. The molecular formula is C12H20N6O2. The Hall–Kier alpha value is -1.93. The lowest BCUT2D eigenvalue weighted by atomic mass is 10.3. The first-order valence-electron chi connectivity index (χ1n) is 6.54. The molecule has 2 heterocycles. The van der Waals surface area contributed by atoms with Crippen molar-refractivity contribution in [2.75, 3.05) is 43.6 Å². The highest BCUT2D eigenvalue weighted by molar-refractivity contribution is 5.87. The van der Waals surface area contributed by atoms with Gasteiger partial charge >= 0.3 is 0 Å². The van der Waals surface area contributed by atoms with E-state index in [0.717, 1.165) is 11.0 Å². The first-order valence-corrected chi connectivity index (χ1v) is 6.54. The van der Waals surface area contributed by atoms with E-state index in [1.54, 1.807) is 10.9 Å². The average molecular weight is 280 g/mol. The molecule has 0 amide bonds. The monoisotopic (exact) mass is 280 g/mol. The van der Waals surface area contributed by atoms with E-state index in [4.69, 9.17) is 10.2 Å². The largest absolute Gasteiger partial charge is 0.396 e. The molecule has 0 aliphatic heterocycles. The van der Waals surface area contributed by atoms with Crippen LogP contribution in [0.5, 0.6) is 0 Å². The molecule has 0 saturated heterocycles.